The minimum absolute atomic E-state index is 0.0202. The number of piperidine rings is 1. The van der Waals surface area contributed by atoms with Gasteiger partial charge in [-0.05, 0) is 31.7 Å². The van der Waals surface area contributed by atoms with Gasteiger partial charge in [0.05, 0.1) is 15.0 Å². The van der Waals surface area contributed by atoms with Crippen LogP contribution in [0.1, 0.15) is 25.7 Å². The Morgan fingerprint density at radius 1 is 1.20 bits per heavy atom. The molecule has 20 heavy (non-hydrogen) atoms. The second-order valence-electron chi connectivity index (χ2n) is 5.54. The van der Waals surface area contributed by atoms with Gasteiger partial charge in [0.25, 0.3) is 5.69 Å². The van der Waals surface area contributed by atoms with E-state index in [2.05, 4.69) is 4.90 Å². The number of hydrogen-bond acceptors (Lipinski definition) is 4. The van der Waals surface area contributed by atoms with E-state index in [9.17, 15) is 10.1 Å². The van der Waals surface area contributed by atoms with Crippen molar-refractivity contribution in [3.05, 3.63) is 32.3 Å². The zero-order chi connectivity index (χ0) is 14.4. The molecule has 0 spiro atoms. The van der Waals surface area contributed by atoms with Crippen molar-refractivity contribution in [3.8, 4) is 0 Å². The summed E-state index contributed by atoms with van der Waals surface area (Å²) < 4.78 is 0. The lowest BCUT2D eigenvalue weighted by atomic mass is 9.97. The molecule has 2 aliphatic heterocycles. The average Bonchev–Trinajstić information content (AvgIpc) is 2.64. The van der Waals surface area contributed by atoms with Gasteiger partial charge in [0, 0.05) is 24.2 Å². The van der Waals surface area contributed by atoms with E-state index in [1.54, 1.807) is 6.07 Å². The molecular formula is C13H15Cl2N3O2. The van der Waals surface area contributed by atoms with Crippen molar-refractivity contribution >= 4 is 34.6 Å². The number of anilines is 1. The van der Waals surface area contributed by atoms with Gasteiger partial charge in [-0.2, -0.15) is 0 Å². The van der Waals surface area contributed by atoms with Crippen LogP contribution in [0.2, 0.25) is 10.0 Å². The summed E-state index contributed by atoms with van der Waals surface area (Å²) in [5, 5.41) is 11.8. The van der Waals surface area contributed by atoms with Crippen molar-refractivity contribution in [2.45, 2.75) is 43.8 Å². The summed E-state index contributed by atoms with van der Waals surface area (Å²) in [6.07, 6.45) is 3.79. The van der Waals surface area contributed by atoms with Crippen LogP contribution in [-0.2, 0) is 0 Å². The van der Waals surface area contributed by atoms with Crippen LogP contribution in [0.5, 0.6) is 0 Å². The molecule has 2 saturated heterocycles. The van der Waals surface area contributed by atoms with Crippen LogP contribution < -0.4 is 10.6 Å². The zero-order valence-corrected chi connectivity index (χ0v) is 12.3. The molecule has 0 aromatic heterocycles. The van der Waals surface area contributed by atoms with Gasteiger partial charge in [0.2, 0.25) is 0 Å². The summed E-state index contributed by atoms with van der Waals surface area (Å²) >= 11 is 12.0. The van der Waals surface area contributed by atoms with Crippen LogP contribution in [0.15, 0.2) is 12.1 Å². The fraction of sp³-hybridized carbons (Fsp3) is 0.538. The molecule has 1 aromatic rings. The van der Waals surface area contributed by atoms with Gasteiger partial charge in [-0.25, -0.2) is 0 Å². The maximum Gasteiger partial charge on any atom is 0.294 e. The molecule has 3 rings (SSSR count). The van der Waals surface area contributed by atoms with E-state index in [1.807, 2.05) is 0 Å². The van der Waals surface area contributed by atoms with Crippen molar-refractivity contribution in [2.75, 3.05) is 4.90 Å². The number of halogens is 2. The quantitative estimate of drug-likeness (QED) is 0.671. The lowest BCUT2D eigenvalue weighted by Crippen LogP contribution is -2.47. The summed E-state index contributed by atoms with van der Waals surface area (Å²) in [5.41, 5.74) is 6.63. The standard InChI is InChI=1S/C13H15Cl2N3O2/c14-10-5-12(13(18(19)20)6-11(10)15)17-8-1-2-9(17)4-7(16)3-8/h5-9H,1-4,16H2. The topological polar surface area (TPSA) is 72.4 Å². The minimum atomic E-state index is -0.397. The maximum atomic E-state index is 11.3. The predicted molar refractivity (Wildman–Crippen MR) is 79.6 cm³/mol. The highest BCUT2D eigenvalue weighted by atomic mass is 35.5. The average molecular weight is 316 g/mol. The van der Waals surface area contributed by atoms with E-state index in [0.29, 0.717) is 10.7 Å². The van der Waals surface area contributed by atoms with E-state index in [1.165, 1.54) is 6.07 Å². The van der Waals surface area contributed by atoms with Crippen molar-refractivity contribution in [1.82, 2.24) is 0 Å². The number of nitro benzene ring substituents is 1. The van der Waals surface area contributed by atoms with Crippen molar-refractivity contribution in [1.29, 1.82) is 0 Å². The molecule has 108 valence electrons. The Hall–Kier alpha value is -1.04. The van der Waals surface area contributed by atoms with Crippen LogP contribution in [0.3, 0.4) is 0 Å². The minimum Gasteiger partial charge on any atom is -0.360 e. The normalized spacial score (nSPS) is 28.8. The first kappa shape index (κ1) is 13.9. The van der Waals surface area contributed by atoms with Gasteiger partial charge in [0.1, 0.15) is 5.69 Å². The third-order valence-electron chi connectivity index (χ3n) is 4.26. The number of rotatable bonds is 2. The number of nitrogens with zero attached hydrogens (tertiary/aromatic N) is 2. The molecule has 2 aliphatic rings. The number of benzene rings is 1. The van der Waals surface area contributed by atoms with Gasteiger partial charge in [-0.3, -0.25) is 10.1 Å². The lowest BCUT2D eigenvalue weighted by molar-refractivity contribution is -0.384. The molecule has 5 nitrogen and oxygen atoms in total. The van der Waals surface area contributed by atoms with Crippen molar-refractivity contribution in [3.63, 3.8) is 0 Å². The smallest absolute Gasteiger partial charge is 0.294 e. The van der Waals surface area contributed by atoms with Gasteiger partial charge in [-0.15, -0.1) is 0 Å². The first-order chi connectivity index (χ1) is 9.47. The fourth-order valence-corrected chi connectivity index (χ4v) is 3.81. The van der Waals surface area contributed by atoms with Gasteiger partial charge in [-0.1, -0.05) is 23.2 Å². The third-order valence-corrected chi connectivity index (χ3v) is 4.98. The number of hydrogen-bond donors (Lipinski definition) is 1. The van der Waals surface area contributed by atoms with Gasteiger partial charge < -0.3 is 10.6 Å². The first-order valence-electron chi connectivity index (χ1n) is 6.64. The third kappa shape index (κ3) is 2.24. The second kappa shape index (κ2) is 5.06. The van der Waals surface area contributed by atoms with Crippen molar-refractivity contribution < 1.29 is 4.92 Å². The van der Waals surface area contributed by atoms with Crippen LogP contribution in [0.4, 0.5) is 11.4 Å². The Morgan fingerprint density at radius 3 is 2.30 bits per heavy atom. The van der Waals surface area contributed by atoms with Crippen molar-refractivity contribution in [2.24, 2.45) is 5.73 Å². The molecule has 2 fully saturated rings. The Bertz CT molecular complexity index is 553. The zero-order valence-electron chi connectivity index (χ0n) is 10.8. The monoisotopic (exact) mass is 315 g/mol. The molecule has 0 amide bonds. The van der Waals surface area contributed by atoms with E-state index in [-0.39, 0.29) is 28.8 Å². The highest BCUT2D eigenvalue weighted by molar-refractivity contribution is 6.42. The van der Waals surface area contributed by atoms with Crippen LogP contribution in [0, 0.1) is 10.1 Å². The molecule has 2 bridgehead atoms. The SMILES string of the molecule is NC1CC2CCC(C1)N2c1cc(Cl)c(Cl)cc1[N+](=O)[O-]. The van der Waals surface area contributed by atoms with Crippen LogP contribution >= 0.6 is 23.2 Å². The molecule has 1 aromatic carbocycles. The van der Waals surface area contributed by atoms with E-state index in [0.717, 1.165) is 25.7 Å². The molecular weight excluding hydrogens is 301 g/mol. The van der Waals surface area contributed by atoms with E-state index in [4.69, 9.17) is 28.9 Å². The second-order valence-corrected chi connectivity index (χ2v) is 6.35. The largest absolute Gasteiger partial charge is 0.360 e. The number of nitro groups is 1. The van der Waals surface area contributed by atoms with E-state index >= 15 is 0 Å². The van der Waals surface area contributed by atoms with Crippen LogP contribution in [0.25, 0.3) is 0 Å². The summed E-state index contributed by atoms with van der Waals surface area (Å²) in [7, 11) is 0. The molecule has 2 unspecified atom stereocenters. The molecule has 0 aliphatic carbocycles. The van der Waals surface area contributed by atoms with Gasteiger partial charge in [0.15, 0.2) is 0 Å². The fourth-order valence-electron chi connectivity index (χ4n) is 3.49. The molecule has 0 radical (unpaired) electrons. The first-order valence-corrected chi connectivity index (χ1v) is 7.40. The number of nitrogens with two attached hydrogens (primary N) is 1. The number of fused-ring (bicyclic) bond motifs is 2. The Morgan fingerprint density at radius 2 is 1.75 bits per heavy atom. The highest BCUT2D eigenvalue weighted by Crippen LogP contribution is 2.44. The maximum absolute atomic E-state index is 11.3. The molecule has 2 N–H and O–H groups in total. The molecule has 7 heteroatoms. The predicted octanol–water partition coefficient (Wildman–Crippen LogP) is 3.36. The Balaban J connectivity index is 2.06. The highest BCUT2D eigenvalue weighted by Gasteiger charge is 2.42. The van der Waals surface area contributed by atoms with Crippen LogP contribution in [-0.4, -0.2) is 23.0 Å². The summed E-state index contributed by atoms with van der Waals surface area (Å²) in [6, 6.07) is 3.67. The van der Waals surface area contributed by atoms with Gasteiger partial charge >= 0.3 is 0 Å². The summed E-state index contributed by atoms with van der Waals surface area (Å²) in [4.78, 5) is 13.0. The summed E-state index contributed by atoms with van der Waals surface area (Å²) in [6.45, 7) is 0. The summed E-state index contributed by atoms with van der Waals surface area (Å²) in [5.74, 6) is 0. The van der Waals surface area contributed by atoms with E-state index < -0.39 is 4.92 Å². The molecule has 2 atom stereocenters. The Labute approximate surface area is 126 Å². The molecule has 0 saturated carbocycles. The lowest BCUT2D eigenvalue weighted by Gasteiger charge is -2.39. The Kier molecular flexibility index (Phi) is 3.52. The molecule has 2 heterocycles.